The van der Waals surface area contributed by atoms with E-state index in [1.807, 2.05) is 12.1 Å². The number of alkyl halides is 1. The number of aromatic nitrogens is 1. The van der Waals surface area contributed by atoms with Gasteiger partial charge in [-0.1, -0.05) is 11.6 Å². The zero-order chi connectivity index (χ0) is 13.1. The highest BCUT2D eigenvalue weighted by Gasteiger charge is 2.26. The van der Waals surface area contributed by atoms with Gasteiger partial charge in [0.25, 0.3) is 0 Å². The Bertz CT molecular complexity index is 409. The second-order valence-corrected chi connectivity index (χ2v) is 5.66. The van der Waals surface area contributed by atoms with Crippen molar-refractivity contribution in [1.82, 2.24) is 9.88 Å². The number of anilines is 1. The van der Waals surface area contributed by atoms with E-state index in [4.69, 9.17) is 23.2 Å². The van der Waals surface area contributed by atoms with E-state index in [1.165, 1.54) is 12.8 Å². The summed E-state index contributed by atoms with van der Waals surface area (Å²) in [4.78, 5) is 9.16. The van der Waals surface area contributed by atoms with Gasteiger partial charge in [-0.25, -0.2) is 4.98 Å². The van der Waals surface area contributed by atoms with E-state index in [1.54, 1.807) is 0 Å². The smallest absolute Gasteiger partial charge is 0.129 e. The molecule has 1 aromatic heterocycles. The third kappa shape index (κ3) is 3.08. The first-order chi connectivity index (χ1) is 8.61. The van der Waals surface area contributed by atoms with E-state index >= 15 is 0 Å². The Morgan fingerprint density at radius 1 is 1.44 bits per heavy atom. The molecule has 1 aromatic rings. The van der Waals surface area contributed by atoms with Crippen LogP contribution in [0.3, 0.4) is 0 Å². The first-order valence-corrected chi connectivity index (χ1v) is 7.16. The number of rotatable bonds is 4. The molecule has 1 atom stereocenters. The highest BCUT2D eigenvalue weighted by molar-refractivity contribution is 6.32. The molecule has 1 fully saturated rings. The minimum absolute atomic E-state index is 0.360. The first-order valence-electron chi connectivity index (χ1n) is 6.24. The topological polar surface area (TPSA) is 19.4 Å². The number of hydrogen-bond acceptors (Lipinski definition) is 3. The SMILES string of the molecule is CN(C)CC1CCCN1c1ccc(Cl)c(CCl)n1. The van der Waals surface area contributed by atoms with Crippen molar-refractivity contribution < 1.29 is 0 Å². The molecule has 5 heteroatoms. The van der Waals surface area contributed by atoms with Crippen molar-refractivity contribution in [3.63, 3.8) is 0 Å². The lowest BCUT2D eigenvalue weighted by Crippen LogP contribution is -2.38. The van der Waals surface area contributed by atoms with Crippen molar-refractivity contribution in [2.45, 2.75) is 24.8 Å². The number of likely N-dealkylation sites (N-methyl/N-ethyl adjacent to an activating group) is 1. The number of pyridine rings is 1. The van der Waals surface area contributed by atoms with Crippen LogP contribution in [0.1, 0.15) is 18.5 Å². The van der Waals surface area contributed by atoms with E-state index in [9.17, 15) is 0 Å². The van der Waals surface area contributed by atoms with Gasteiger partial charge in [0.05, 0.1) is 16.6 Å². The zero-order valence-electron chi connectivity index (χ0n) is 10.9. The van der Waals surface area contributed by atoms with Crippen LogP contribution in [0, 0.1) is 0 Å². The molecule has 1 aliphatic rings. The fraction of sp³-hybridized carbons (Fsp3) is 0.615. The molecule has 0 aliphatic carbocycles. The van der Waals surface area contributed by atoms with Crippen LogP contribution in [0.15, 0.2) is 12.1 Å². The van der Waals surface area contributed by atoms with Gasteiger partial charge in [-0.15, -0.1) is 11.6 Å². The maximum atomic E-state index is 6.05. The summed E-state index contributed by atoms with van der Waals surface area (Å²) in [6, 6.07) is 4.43. The Morgan fingerprint density at radius 2 is 2.22 bits per heavy atom. The third-order valence-electron chi connectivity index (χ3n) is 3.28. The van der Waals surface area contributed by atoms with Crippen LogP contribution in [0.25, 0.3) is 0 Å². The van der Waals surface area contributed by atoms with E-state index in [0.29, 0.717) is 16.9 Å². The summed E-state index contributed by atoms with van der Waals surface area (Å²) < 4.78 is 0. The van der Waals surface area contributed by atoms with E-state index in [0.717, 1.165) is 24.6 Å². The van der Waals surface area contributed by atoms with Gasteiger partial charge in [0.15, 0.2) is 0 Å². The van der Waals surface area contributed by atoms with Crippen LogP contribution in [-0.2, 0) is 5.88 Å². The lowest BCUT2D eigenvalue weighted by Gasteiger charge is -2.28. The van der Waals surface area contributed by atoms with Crippen molar-refractivity contribution in [3.05, 3.63) is 22.8 Å². The van der Waals surface area contributed by atoms with Crippen LogP contribution >= 0.6 is 23.2 Å². The number of hydrogen-bond donors (Lipinski definition) is 0. The Balaban J connectivity index is 2.19. The predicted octanol–water partition coefficient (Wildman–Crippen LogP) is 3.00. The summed E-state index contributed by atoms with van der Waals surface area (Å²) in [5.41, 5.74) is 0.770. The molecule has 0 amide bonds. The summed E-state index contributed by atoms with van der Waals surface area (Å²) in [5.74, 6) is 1.36. The quantitative estimate of drug-likeness (QED) is 0.794. The molecule has 2 heterocycles. The lowest BCUT2D eigenvalue weighted by atomic mass is 10.2. The molecule has 0 aromatic carbocycles. The number of halogens is 2. The maximum absolute atomic E-state index is 6.05. The van der Waals surface area contributed by atoms with Gasteiger partial charge in [-0.3, -0.25) is 0 Å². The monoisotopic (exact) mass is 287 g/mol. The molecular weight excluding hydrogens is 269 g/mol. The number of nitrogens with zero attached hydrogens (tertiary/aromatic N) is 3. The molecule has 0 spiro atoms. The molecule has 18 heavy (non-hydrogen) atoms. The molecule has 1 unspecified atom stereocenters. The second kappa shape index (κ2) is 6.09. The fourth-order valence-electron chi connectivity index (χ4n) is 2.48. The average Bonchev–Trinajstić information content (AvgIpc) is 2.77. The van der Waals surface area contributed by atoms with Crippen LogP contribution in [0.4, 0.5) is 5.82 Å². The second-order valence-electron chi connectivity index (χ2n) is 4.98. The van der Waals surface area contributed by atoms with E-state index in [2.05, 4.69) is 28.9 Å². The standard InChI is InChI=1S/C13H19Cl2N3/c1-17(2)9-10-4-3-7-18(10)13-6-5-11(15)12(8-14)16-13/h5-6,10H,3-4,7-9H2,1-2H3. The van der Waals surface area contributed by atoms with Crippen molar-refractivity contribution in [2.24, 2.45) is 0 Å². The summed E-state index contributed by atoms with van der Waals surface area (Å²) in [6.45, 7) is 2.12. The van der Waals surface area contributed by atoms with E-state index in [-0.39, 0.29) is 0 Å². The summed E-state index contributed by atoms with van der Waals surface area (Å²) in [6.07, 6.45) is 2.44. The predicted molar refractivity (Wildman–Crippen MR) is 77.7 cm³/mol. The van der Waals surface area contributed by atoms with Crippen LogP contribution < -0.4 is 4.90 Å². The van der Waals surface area contributed by atoms with Crippen molar-refractivity contribution >= 4 is 29.0 Å². The molecule has 3 nitrogen and oxygen atoms in total. The minimum atomic E-state index is 0.360. The molecule has 0 N–H and O–H groups in total. The fourth-order valence-corrected chi connectivity index (χ4v) is 2.92. The average molecular weight is 288 g/mol. The normalized spacial score (nSPS) is 19.8. The van der Waals surface area contributed by atoms with Gasteiger partial charge < -0.3 is 9.80 Å². The van der Waals surface area contributed by atoms with Crippen LogP contribution in [-0.4, -0.2) is 43.1 Å². The van der Waals surface area contributed by atoms with Gasteiger partial charge in [0, 0.05) is 19.1 Å². The molecule has 0 saturated carbocycles. The highest BCUT2D eigenvalue weighted by atomic mass is 35.5. The Morgan fingerprint density at radius 3 is 2.89 bits per heavy atom. The van der Waals surface area contributed by atoms with Crippen LogP contribution in [0.2, 0.25) is 5.02 Å². The lowest BCUT2D eigenvalue weighted by molar-refractivity contribution is 0.371. The Kier molecular flexibility index (Phi) is 4.71. The maximum Gasteiger partial charge on any atom is 0.129 e. The molecule has 0 bridgehead atoms. The van der Waals surface area contributed by atoms with Gasteiger partial charge >= 0.3 is 0 Å². The van der Waals surface area contributed by atoms with Gasteiger partial charge in [-0.2, -0.15) is 0 Å². The van der Waals surface area contributed by atoms with Crippen molar-refractivity contribution in [3.8, 4) is 0 Å². The molecule has 100 valence electrons. The highest BCUT2D eigenvalue weighted by Crippen LogP contribution is 2.27. The van der Waals surface area contributed by atoms with Crippen molar-refractivity contribution in [1.29, 1.82) is 0 Å². The zero-order valence-corrected chi connectivity index (χ0v) is 12.4. The van der Waals surface area contributed by atoms with Gasteiger partial charge in [0.1, 0.15) is 5.82 Å². The van der Waals surface area contributed by atoms with Crippen LogP contribution in [0.5, 0.6) is 0 Å². The van der Waals surface area contributed by atoms with Gasteiger partial charge in [0.2, 0.25) is 0 Å². The van der Waals surface area contributed by atoms with Gasteiger partial charge in [-0.05, 0) is 39.1 Å². The summed E-state index contributed by atoms with van der Waals surface area (Å²) >= 11 is 11.9. The molecule has 0 radical (unpaired) electrons. The summed E-state index contributed by atoms with van der Waals surface area (Å²) in [7, 11) is 4.21. The Hall–Kier alpha value is -0.510. The first kappa shape index (κ1) is 13.9. The largest absolute Gasteiger partial charge is 0.352 e. The van der Waals surface area contributed by atoms with E-state index < -0.39 is 0 Å². The molecule has 1 aliphatic heterocycles. The molecular formula is C13H19Cl2N3. The molecule has 1 saturated heterocycles. The molecule has 2 rings (SSSR count). The van der Waals surface area contributed by atoms with Crippen molar-refractivity contribution in [2.75, 3.05) is 32.1 Å². The summed E-state index contributed by atoms with van der Waals surface area (Å²) in [5, 5.41) is 0.650. The third-order valence-corrected chi connectivity index (χ3v) is 3.88. The Labute approximate surface area is 119 Å². The minimum Gasteiger partial charge on any atom is -0.352 e.